The minimum atomic E-state index is -1.23. The number of rotatable bonds is 2. The maximum Gasteiger partial charge on any atom is 0.340 e. The molecule has 13 heavy (non-hydrogen) atoms. The number of benzene rings is 1. The summed E-state index contributed by atoms with van der Waals surface area (Å²) >= 11 is 2.84. The third kappa shape index (κ3) is 1.80. The summed E-state index contributed by atoms with van der Waals surface area (Å²) in [6.07, 6.45) is 0. The van der Waals surface area contributed by atoms with Crippen LogP contribution in [0.4, 0.5) is 4.39 Å². The SMILES string of the molecule is COc1ccc(F)c(Br)c1C(=O)O. The van der Waals surface area contributed by atoms with E-state index in [1.165, 1.54) is 13.2 Å². The molecule has 0 unspecified atom stereocenters. The first-order valence-corrected chi connectivity index (χ1v) is 4.12. The van der Waals surface area contributed by atoms with Crippen molar-refractivity contribution >= 4 is 21.9 Å². The van der Waals surface area contributed by atoms with Crippen molar-refractivity contribution in [2.24, 2.45) is 0 Å². The van der Waals surface area contributed by atoms with Crippen LogP contribution in [-0.4, -0.2) is 18.2 Å². The second-order valence-corrected chi connectivity index (χ2v) is 3.04. The molecular weight excluding hydrogens is 243 g/mol. The van der Waals surface area contributed by atoms with Crippen LogP contribution in [0.15, 0.2) is 16.6 Å². The summed E-state index contributed by atoms with van der Waals surface area (Å²) in [6, 6.07) is 2.40. The molecule has 0 aliphatic carbocycles. The standard InChI is InChI=1S/C8H6BrFO3/c1-13-5-3-2-4(10)7(9)6(5)8(11)12/h2-3H,1H3,(H,11,12). The summed E-state index contributed by atoms with van der Waals surface area (Å²) in [7, 11) is 1.33. The number of carbonyl (C=O) groups is 1. The maximum absolute atomic E-state index is 12.9. The van der Waals surface area contributed by atoms with E-state index < -0.39 is 11.8 Å². The Balaban J connectivity index is 3.41. The molecule has 1 rings (SSSR count). The zero-order valence-electron chi connectivity index (χ0n) is 6.67. The fourth-order valence-electron chi connectivity index (χ4n) is 0.902. The summed E-state index contributed by atoms with van der Waals surface area (Å²) < 4.78 is 17.6. The van der Waals surface area contributed by atoms with E-state index in [-0.39, 0.29) is 15.8 Å². The predicted molar refractivity (Wildman–Crippen MR) is 47.6 cm³/mol. The summed E-state index contributed by atoms with van der Waals surface area (Å²) in [4.78, 5) is 10.7. The Labute approximate surface area is 82.3 Å². The smallest absolute Gasteiger partial charge is 0.340 e. The molecule has 0 atom stereocenters. The first kappa shape index (κ1) is 9.98. The van der Waals surface area contributed by atoms with Gasteiger partial charge in [-0.2, -0.15) is 0 Å². The van der Waals surface area contributed by atoms with Crippen molar-refractivity contribution in [1.29, 1.82) is 0 Å². The molecule has 3 nitrogen and oxygen atoms in total. The van der Waals surface area contributed by atoms with Gasteiger partial charge in [-0.05, 0) is 28.1 Å². The monoisotopic (exact) mass is 248 g/mol. The Morgan fingerprint density at radius 2 is 2.23 bits per heavy atom. The number of carboxylic acid groups (broad SMARTS) is 1. The van der Waals surface area contributed by atoms with Crippen LogP contribution in [0.2, 0.25) is 0 Å². The van der Waals surface area contributed by atoms with E-state index in [9.17, 15) is 9.18 Å². The minimum Gasteiger partial charge on any atom is -0.496 e. The fraction of sp³-hybridized carbons (Fsp3) is 0.125. The van der Waals surface area contributed by atoms with Gasteiger partial charge in [-0.15, -0.1) is 0 Å². The molecule has 0 fully saturated rings. The zero-order chi connectivity index (χ0) is 10.0. The second-order valence-electron chi connectivity index (χ2n) is 2.24. The topological polar surface area (TPSA) is 46.5 Å². The number of hydrogen-bond acceptors (Lipinski definition) is 2. The predicted octanol–water partition coefficient (Wildman–Crippen LogP) is 2.29. The van der Waals surface area contributed by atoms with Gasteiger partial charge in [0, 0.05) is 0 Å². The van der Waals surface area contributed by atoms with Crippen molar-refractivity contribution in [3.8, 4) is 5.75 Å². The van der Waals surface area contributed by atoms with Crippen molar-refractivity contribution in [3.63, 3.8) is 0 Å². The molecule has 0 amide bonds. The molecule has 0 aromatic heterocycles. The Morgan fingerprint density at radius 3 is 2.69 bits per heavy atom. The van der Waals surface area contributed by atoms with E-state index in [4.69, 9.17) is 9.84 Å². The molecule has 0 aliphatic rings. The summed E-state index contributed by atoms with van der Waals surface area (Å²) in [6.45, 7) is 0. The highest BCUT2D eigenvalue weighted by molar-refractivity contribution is 9.10. The van der Waals surface area contributed by atoms with Crippen molar-refractivity contribution in [2.75, 3.05) is 7.11 Å². The molecule has 0 spiro atoms. The van der Waals surface area contributed by atoms with Gasteiger partial charge in [0.15, 0.2) is 0 Å². The molecule has 1 N–H and O–H groups in total. The molecule has 70 valence electrons. The van der Waals surface area contributed by atoms with Gasteiger partial charge in [0.25, 0.3) is 0 Å². The highest BCUT2D eigenvalue weighted by Crippen LogP contribution is 2.29. The Bertz CT molecular complexity index is 351. The highest BCUT2D eigenvalue weighted by Gasteiger charge is 2.17. The van der Waals surface area contributed by atoms with Crippen LogP contribution < -0.4 is 4.74 Å². The van der Waals surface area contributed by atoms with E-state index in [0.29, 0.717) is 0 Å². The molecule has 5 heteroatoms. The molecule has 1 aromatic carbocycles. The van der Waals surface area contributed by atoms with Gasteiger partial charge >= 0.3 is 5.97 Å². The van der Waals surface area contributed by atoms with Gasteiger partial charge in [0.05, 0.1) is 11.6 Å². The third-order valence-electron chi connectivity index (χ3n) is 1.49. The average molecular weight is 249 g/mol. The van der Waals surface area contributed by atoms with Gasteiger partial charge in [0.1, 0.15) is 17.1 Å². The van der Waals surface area contributed by atoms with Crippen molar-refractivity contribution in [2.45, 2.75) is 0 Å². The van der Waals surface area contributed by atoms with Crippen LogP contribution in [0.1, 0.15) is 10.4 Å². The van der Waals surface area contributed by atoms with Crippen molar-refractivity contribution < 1.29 is 19.0 Å². The molecule has 1 aromatic rings. The first-order valence-electron chi connectivity index (χ1n) is 3.33. The number of aromatic carboxylic acids is 1. The van der Waals surface area contributed by atoms with Crippen molar-refractivity contribution in [1.82, 2.24) is 0 Å². The van der Waals surface area contributed by atoms with Crippen LogP contribution in [-0.2, 0) is 0 Å². The summed E-state index contributed by atoms with van der Waals surface area (Å²) in [5, 5.41) is 8.73. The van der Waals surface area contributed by atoms with Crippen LogP contribution in [0.25, 0.3) is 0 Å². The van der Waals surface area contributed by atoms with Crippen LogP contribution >= 0.6 is 15.9 Å². The lowest BCUT2D eigenvalue weighted by atomic mass is 10.2. The zero-order valence-corrected chi connectivity index (χ0v) is 8.26. The van der Waals surface area contributed by atoms with Crippen molar-refractivity contribution in [3.05, 3.63) is 28.0 Å². The maximum atomic E-state index is 12.9. The minimum absolute atomic E-state index is 0.0978. The Morgan fingerprint density at radius 1 is 1.62 bits per heavy atom. The van der Waals surface area contributed by atoms with E-state index in [1.807, 2.05) is 0 Å². The van der Waals surface area contributed by atoms with E-state index in [0.717, 1.165) is 6.07 Å². The number of methoxy groups -OCH3 is 1. The quantitative estimate of drug-likeness (QED) is 0.874. The molecule has 0 bridgehead atoms. The molecule has 0 aliphatic heterocycles. The Kier molecular flexibility index (Phi) is 2.87. The van der Waals surface area contributed by atoms with Gasteiger partial charge in [0.2, 0.25) is 0 Å². The molecule has 0 saturated heterocycles. The number of ether oxygens (including phenoxy) is 1. The van der Waals surface area contributed by atoms with Gasteiger partial charge in [-0.1, -0.05) is 0 Å². The van der Waals surface area contributed by atoms with Crippen LogP contribution in [0.5, 0.6) is 5.75 Å². The van der Waals surface area contributed by atoms with Gasteiger partial charge in [-0.25, -0.2) is 9.18 Å². The Hall–Kier alpha value is -1.10. The number of carboxylic acids is 1. The lowest BCUT2D eigenvalue weighted by Gasteiger charge is -2.06. The number of hydrogen-bond donors (Lipinski definition) is 1. The molecule has 0 saturated carbocycles. The van der Waals surface area contributed by atoms with E-state index >= 15 is 0 Å². The summed E-state index contributed by atoms with van der Waals surface area (Å²) in [5.41, 5.74) is -0.206. The summed E-state index contributed by atoms with van der Waals surface area (Å²) in [5.74, 6) is -1.73. The third-order valence-corrected chi connectivity index (χ3v) is 2.27. The first-order chi connectivity index (χ1) is 6.07. The second kappa shape index (κ2) is 3.74. The highest BCUT2D eigenvalue weighted by atomic mass is 79.9. The average Bonchev–Trinajstić information content (AvgIpc) is 2.08. The molecular formula is C8H6BrFO3. The lowest BCUT2D eigenvalue weighted by molar-refractivity contribution is 0.0691. The fourth-order valence-corrected chi connectivity index (χ4v) is 1.40. The molecule has 0 heterocycles. The largest absolute Gasteiger partial charge is 0.496 e. The van der Waals surface area contributed by atoms with Crippen LogP contribution in [0.3, 0.4) is 0 Å². The van der Waals surface area contributed by atoms with E-state index in [1.54, 1.807) is 0 Å². The van der Waals surface area contributed by atoms with Crippen LogP contribution in [0, 0.1) is 5.82 Å². The van der Waals surface area contributed by atoms with Gasteiger partial charge < -0.3 is 9.84 Å². The normalized spacial score (nSPS) is 9.77. The lowest BCUT2D eigenvalue weighted by Crippen LogP contribution is -2.03. The number of halogens is 2. The van der Waals surface area contributed by atoms with E-state index in [2.05, 4.69) is 15.9 Å². The van der Waals surface area contributed by atoms with Gasteiger partial charge in [-0.3, -0.25) is 0 Å². The molecule has 0 radical (unpaired) electrons.